The van der Waals surface area contributed by atoms with E-state index in [4.69, 9.17) is 4.84 Å². The third-order valence-corrected chi connectivity index (χ3v) is 4.78. The van der Waals surface area contributed by atoms with Crippen LogP contribution in [0.4, 0.5) is 5.13 Å². The number of hydrogen-bond acceptors (Lipinski definition) is 5. The minimum absolute atomic E-state index is 0.456. The van der Waals surface area contributed by atoms with Crippen LogP contribution in [0.1, 0.15) is 17.3 Å². The van der Waals surface area contributed by atoms with E-state index < -0.39 is 5.97 Å². The van der Waals surface area contributed by atoms with Crippen molar-refractivity contribution in [1.29, 1.82) is 0 Å². The zero-order chi connectivity index (χ0) is 17.9. The number of nitrogens with zero attached hydrogens (tertiary/aromatic N) is 2. The van der Waals surface area contributed by atoms with Gasteiger partial charge in [-0.3, -0.25) is 0 Å². The van der Waals surface area contributed by atoms with E-state index in [0.717, 1.165) is 21.0 Å². The number of para-hydroxylation sites is 1. The van der Waals surface area contributed by atoms with Crippen molar-refractivity contribution >= 4 is 49.3 Å². The highest BCUT2D eigenvalue weighted by molar-refractivity contribution is 7.22. The highest BCUT2D eigenvalue weighted by Crippen LogP contribution is 2.27. The van der Waals surface area contributed by atoms with Gasteiger partial charge in [-0.15, -0.1) is 0 Å². The number of hydroxylamine groups is 1. The van der Waals surface area contributed by atoms with Crippen molar-refractivity contribution in [3.05, 3.63) is 72.3 Å². The SMILES string of the molecule is CC(=Nc1nc2ccccc2s1)NOC(=O)c1cccc2ccccc12. The average molecular weight is 361 g/mol. The molecule has 0 saturated heterocycles. The van der Waals surface area contributed by atoms with Crippen LogP contribution in [-0.4, -0.2) is 16.8 Å². The number of thiazole rings is 1. The zero-order valence-corrected chi connectivity index (χ0v) is 14.8. The lowest BCUT2D eigenvalue weighted by atomic mass is 10.1. The lowest BCUT2D eigenvalue weighted by molar-refractivity contribution is 0.0388. The summed E-state index contributed by atoms with van der Waals surface area (Å²) in [6.07, 6.45) is 0. The van der Waals surface area contributed by atoms with Gasteiger partial charge in [0.05, 0.1) is 15.8 Å². The highest BCUT2D eigenvalue weighted by atomic mass is 32.1. The third-order valence-electron chi connectivity index (χ3n) is 3.85. The molecule has 0 fully saturated rings. The van der Waals surface area contributed by atoms with E-state index in [1.807, 2.05) is 60.7 Å². The molecule has 0 spiro atoms. The number of fused-ring (bicyclic) bond motifs is 2. The Balaban J connectivity index is 1.49. The predicted molar refractivity (Wildman–Crippen MR) is 105 cm³/mol. The number of rotatable bonds is 2. The quantitative estimate of drug-likeness (QED) is 0.315. The molecule has 0 amide bonds. The molecule has 3 aromatic carbocycles. The van der Waals surface area contributed by atoms with Gasteiger partial charge in [0.15, 0.2) is 0 Å². The van der Waals surface area contributed by atoms with E-state index in [0.29, 0.717) is 16.5 Å². The first kappa shape index (κ1) is 16.2. The van der Waals surface area contributed by atoms with Crippen LogP contribution in [-0.2, 0) is 4.84 Å². The van der Waals surface area contributed by atoms with Gasteiger partial charge in [0.1, 0.15) is 5.84 Å². The monoisotopic (exact) mass is 361 g/mol. The van der Waals surface area contributed by atoms with E-state index in [-0.39, 0.29) is 0 Å². The third kappa shape index (κ3) is 3.27. The molecule has 6 heteroatoms. The summed E-state index contributed by atoms with van der Waals surface area (Å²) in [5.74, 6) is -0.00158. The van der Waals surface area contributed by atoms with Crippen molar-refractivity contribution in [3.8, 4) is 0 Å². The normalized spacial score (nSPS) is 11.7. The van der Waals surface area contributed by atoms with Crippen LogP contribution in [0.15, 0.2) is 71.7 Å². The Morgan fingerprint density at radius 1 is 1.04 bits per heavy atom. The van der Waals surface area contributed by atoms with E-state index >= 15 is 0 Å². The summed E-state index contributed by atoms with van der Waals surface area (Å²) in [5.41, 5.74) is 4.01. The molecule has 0 aliphatic rings. The molecule has 0 atom stereocenters. The molecule has 5 nitrogen and oxygen atoms in total. The number of amidine groups is 1. The predicted octanol–water partition coefficient (Wildman–Crippen LogP) is 4.86. The molecule has 0 aliphatic heterocycles. The molecule has 0 aliphatic carbocycles. The number of carbonyl (C=O) groups is 1. The number of aliphatic imine (C=N–C) groups is 1. The summed E-state index contributed by atoms with van der Waals surface area (Å²) in [5, 5.41) is 2.45. The van der Waals surface area contributed by atoms with Crippen LogP contribution < -0.4 is 5.48 Å². The molecule has 128 valence electrons. The fourth-order valence-electron chi connectivity index (χ4n) is 2.65. The number of hydrogen-bond donors (Lipinski definition) is 1. The first-order valence-corrected chi connectivity index (χ1v) is 8.88. The highest BCUT2D eigenvalue weighted by Gasteiger charge is 2.12. The minimum atomic E-state index is -0.458. The molecule has 1 heterocycles. The average Bonchev–Trinajstić information content (AvgIpc) is 3.07. The zero-order valence-electron chi connectivity index (χ0n) is 14.0. The Bertz CT molecular complexity index is 1100. The van der Waals surface area contributed by atoms with Crippen LogP contribution in [0.5, 0.6) is 0 Å². The van der Waals surface area contributed by atoms with E-state index in [1.54, 1.807) is 13.0 Å². The Morgan fingerprint density at radius 3 is 2.69 bits per heavy atom. The second-order valence-corrected chi connectivity index (χ2v) is 6.69. The first-order chi connectivity index (χ1) is 12.7. The van der Waals surface area contributed by atoms with E-state index in [9.17, 15) is 4.79 Å². The summed E-state index contributed by atoms with van der Waals surface area (Å²) in [6.45, 7) is 1.72. The van der Waals surface area contributed by atoms with Crippen molar-refractivity contribution in [2.75, 3.05) is 0 Å². The molecule has 4 aromatic rings. The Labute approximate surface area is 153 Å². The molecule has 0 radical (unpaired) electrons. The largest absolute Gasteiger partial charge is 0.363 e. The van der Waals surface area contributed by atoms with Gasteiger partial charge in [-0.2, -0.15) is 0 Å². The summed E-state index contributed by atoms with van der Waals surface area (Å²) in [4.78, 5) is 26.4. The minimum Gasteiger partial charge on any atom is -0.337 e. The first-order valence-electron chi connectivity index (χ1n) is 8.06. The summed E-state index contributed by atoms with van der Waals surface area (Å²) < 4.78 is 1.06. The molecular weight excluding hydrogens is 346 g/mol. The summed E-state index contributed by atoms with van der Waals surface area (Å²) in [6, 6.07) is 21.1. The van der Waals surface area contributed by atoms with Gasteiger partial charge in [0.25, 0.3) is 0 Å². The van der Waals surface area contributed by atoms with Crippen LogP contribution in [0.2, 0.25) is 0 Å². The molecule has 1 N–H and O–H groups in total. The molecule has 0 unspecified atom stereocenters. The fraction of sp³-hybridized carbons (Fsp3) is 0.0500. The van der Waals surface area contributed by atoms with Crippen molar-refractivity contribution in [3.63, 3.8) is 0 Å². The van der Waals surface area contributed by atoms with Crippen LogP contribution in [0, 0.1) is 0 Å². The molecule has 26 heavy (non-hydrogen) atoms. The number of nitrogens with one attached hydrogen (secondary N) is 1. The van der Waals surface area contributed by atoms with Crippen molar-refractivity contribution < 1.29 is 9.63 Å². The van der Waals surface area contributed by atoms with Gasteiger partial charge in [0.2, 0.25) is 5.13 Å². The van der Waals surface area contributed by atoms with Crippen molar-refractivity contribution in [1.82, 2.24) is 10.5 Å². The Kier molecular flexibility index (Phi) is 4.33. The van der Waals surface area contributed by atoms with E-state index in [2.05, 4.69) is 15.5 Å². The summed E-state index contributed by atoms with van der Waals surface area (Å²) >= 11 is 1.48. The molecule has 0 saturated carbocycles. The maximum atomic E-state index is 12.4. The van der Waals surface area contributed by atoms with Gasteiger partial charge < -0.3 is 4.84 Å². The second kappa shape index (κ2) is 6.93. The Hall–Kier alpha value is -3.25. The van der Waals surface area contributed by atoms with Gasteiger partial charge in [-0.1, -0.05) is 59.9 Å². The van der Waals surface area contributed by atoms with E-state index in [1.165, 1.54) is 11.3 Å². The number of benzene rings is 3. The molecule has 1 aromatic heterocycles. The van der Waals surface area contributed by atoms with Crippen LogP contribution in [0.25, 0.3) is 21.0 Å². The van der Waals surface area contributed by atoms with Gasteiger partial charge in [0, 0.05) is 0 Å². The maximum absolute atomic E-state index is 12.4. The van der Waals surface area contributed by atoms with Gasteiger partial charge >= 0.3 is 5.97 Å². The lowest BCUT2D eigenvalue weighted by Crippen LogP contribution is -2.24. The maximum Gasteiger partial charge on any atom is 0.363 e. The van der Waals surface area contributed by atoms with Crippen molar-refractivity contribution in [2.24, 2.45) is 4.99 Å². The smallest absolute Gasteiger partial charge is 0.337 e. The number of aromatic nitrogens is 1. The van der Waals surface area contributed by atoms with Gasteiger partial charge in [-0.25, -0.2) is 20.3 Å². The topological polar surface area (TPSA) is 63.6 Å². The van der Waals surface area contributed by atoms with Crippen LogP contribution in [0.3, 0.4) is 0 Å². The molecule has 4 rings (SSSR count). The Morgan fingerprint density at radius 2 is 1.81 bits per heavy atom. The van der Waals surface area contributed by atoms with Crippen LogP contribution >= 0.6 is 11.3 Å². The van der Waals surface area contributed by atoms with Crippen molar-refractivity contribution in [2.45, 2.75) is 6.92 Å². The summed E-state index contributed by atoms with van der Waals surface area (Å²) in [7, 11) is 0. The molecule has 0 bridgehead atoms. The lowest BCUT2D eigenvalue weighted by Gasteiger charge is -2.08. The standard InChI is InChI=1S/C20H15N3O2S/c1-13(21-20-22-17-11-4-5-12-18(17)26-20)23-25-19(24)16-10-6-8-14-7-2-3-9-15(14)16/h2-12H,1H3,(H,21,22,23). The second-order valence-electron chi connectivity index (χ2n) is 5.68. The van der Waals surface area contributed by atoms with Gasteiger partial charge in [-0.05, 0) is 35.9 Å². The molecular formula is C20H15N3O2S. The fourth-order valence-corrected chi connectivity index (χ4v) is 3.54. The number of carbonyl (C=O) groups excluding carboxylic acids is 1.